The molecule has 1 fully saturated rings. The largest absolute Gasteiger partial charge is 0.496 e. The van der Waals surface area contributed by atoms with Crippen LogP contribution >= 0.6 is 0 Å². The fourth-order valence-electron chi connectivity index (χ4n) is 3.63. The van der Waals surface area contributed by atoms with Gasteiger partial charge in [-0.3, -0.25) is 9.38 Å². The number of alkyl halides is 3. The molecule has 0 amide bonds. The Balaban J connectivity index is 1.75. The van der Waals surface area contributed by atoms with Gasteiger partial charge in [-0.15, -0.1) is 0 Å². The fraction of sp³-hybridized carbons (Fsp3) is 0.450. The van der Waals surface area contributed by atoms with Crippen molar-refractivity contribution in [2.75, 3.05) is 25.5 Å². The molecule has 11 heteroatoms. The van der Waals surface area contributed by atoms with Crippen LogP contribution in [0, 0.1) is 0 Å². The Morgan fingerprint density at radius 3 is 2.77 bits per heavy atom. The molecule has 4 rings (SSSR count). The molecule has 8 nitrogen and oxygen atoms in total. The molecule has 31 heavy (non-hydrogen) atoms. The number of hydrogen-bond donors (Lipinski definition) is 3. The average Bonchev–Trinajstić information content (AvgIpc) is 3.16. The predicted molar refractivity (Wildman–Crippen MR) is 108 cm³/mol. The molecule has 0 bridgehead atoms. The Kier molecular flexibility index (Phi) is 5.48. The van der Waals surface area contributed by atoms with E-state index in [1.165, 1.54) is 36.2 Å². The number of anilines is 1. The van der Waals surface area contributed by atoms with Gasteiger partial charge in [-0.05, 0) is 26.3 Å². The summed E-state index contributed by atoms with van der Waals surface area (Å²) >= 11 is 0. The number of aliphatic hydroxyl groups is 1. The maximum Gasteiger partial charge on any atom is 0.421 e. The van der Waals surface area contributed by atoms with Gasteiger partial charge in [0.15, 0.2) is 5.60 Å². The number of nitrogens with one attached hydrogen (secondary N) is 2. The molecule has 0 spiro atoms. The number of pyridine rings is 1. The topological polar surface area (TPSA) is 96.6 Å². The molecule has 3 aromatic heterocycles. The van der Waals surface area contributed by atoms with Crippen LogP contribution in [-0.2, 0) is 5.60 Å². The maximum atomic E-state index is 13.5. The van der Waals surface area contributed by atoms with Crippen molar-refractivity contribution in [3.8, 4) is 17.1 Å². The van der Waals surface area contributed by atoms with Crippen LogP contribution in [0.4, 0.5) is 19.0 Å². The Hall–Kier alpha value is -2.92. The van der Waals surface area contributed by atoms with Crippen LogP contribution < -0.4 is 15.4 Å². The highest BCUT2D eigenvalue weighted by Gasteiger charge is 2.53. The first-order chi connectivity index (χ1) is 14.7. The molecule has 0 saturated carbocycles. The van der Waals surface area contributed by atoms with Crippen LogP contribution in [-0.4, -0.2) is 56.9 Å². The summed E-state index contributed by atoms with van der Waals surface area (Å²) in [6.07, 6.45) is 2.95. The van der Waals surface area contributed by atoms with Crippen LogP contribution in [0.25, 0.3) is 17.0 Å². The lowest BCUT2D eigenvalue weighted by atomic mass is 9.96. The average molecular weight is 436 g/mol. The lowest BCUT2D eigenvalue weighted by Crippen LogP contribution is -2.39. The van der Waals surface area contributed by atoms with E-state index in [1.807, 2.05) is 0 Å². The van der Waals surface area contributed by atoms with Crippen molar-refractivity contribution in [2.45, 2.75) is 37.6 Å². The molecule has 3 aromatic rings. The summed E-state index contributed by atoms with van der Waals surface area (Å²) in [7, 11) is 1.24. The number of nitrogens with zero attached hydrogens (tertiary/aromatic N) is 4. The second-order valence-electron chi connectivity index (χ2n) is 7.67. The van der Waals surface area contributed by atoms with E-state index in [9.17, 15) is 18.3 Å². The summed E-state index contributed by atoms with van der Waals surface area (Å²) in [5, 5.41) is 16.9. The summed E-state index contributed by atoms with van der Waals surface area (Å²) in [6, 6.07) is 1.57. The number of imidazole rings is 1. The van der Waals surface area contributed by atoms with Crippen molar-refractivity contribution in [3.63, 3.8) is 0 Å². The lowest BCUT2D eigenvalue weighted by Gasteiger charge is -2.28. The van der Waals surface area contributed by atoms with E-state index in [4.69, 9.17) is 4.74 Å². The summed E-state index contributed by atoms with van der Waals surface area (Å²) < 4.78 is 47.0. The second kappa shape index (κ2) is 7.97. The van der Waals surface area contributed by atoms with E-state index in [2.05, 4.69) is 25.6 Å². The normalized spacial score (nSPS) is 19.2. The van der Waals surface area contributed by atoms with E-state index in [1.54, 1.807) is 6.20 Å². The molecule has 1 aliphatic heterocycles. The van der Waals surface area contributed by atoms with Gasteiger partial charge >= 0.3 is 6.18 Å². The first-order valence-electron chi connectivity index (χ1n) is 9.85. The van der Waals surface area contributed by atoms with Crippen molar-refractivity contribution in [1.29, 1.82) is 0 Å². The summed E-state index contributed by atoms with van der Waals surface area (Å²) in [5.41, 5.74) is -2.31. The van der Waals surface area contributed by atoms with Gasteiger partial charge < -0.3 is 20.5 Å². The minimum atomic E-state index is -4.90. The zero-order chi connectivity index (χ0) is 22.2. The molecule has 1 saturated heterocycles. The molecule has 4 heterocycles. The van der Waals surface area contributed by atoms with Crippen molar-refractivity contribution in [2.24, 2.45) is 0 Å². The number of aromatic nitrogens is 4. The first kappa shape index (κ1) is 21.3. The summed E-state index contributed by atoms with van der Waals surface area (Å²) in [4.78, 5) is 13.0. The number of rotatable bonds is 5. The number of piperidine rings is 1. The van der Waals surface area contributed by atoms with Gasteiger partial charge in [-0.25, -0.2) is 9.97 Å². The van der Waals surface area contributed by atoms with Gasteiger partial charge in [0.2, 0.25) is 0 Å². The number of methoxy groups -OCH3 is 1. The Morgan fingerprint density at radius 2 is 2.10 bits per heavy atom. The molecule has 166 valence electrons. The summed E-state index contributed by atoms with van der Waals surface area (Å²) in [6.45, 7) is 2.49. The quantitative estimate of drug-likeness (QED) is 0.566. The van der Waals surface area contributed by atoms with E-state index in [0.717, 1.165) is 25.9 Å². The molecule has 2 unspecified atom stereocenters. The SMILES string of the molecule is COc1cc2ncc(-c3cncc(NC4CCCNC4)n3)n2cc1C(C)(O)C(F)(F)F. The smallest absolute Gasteiger partial charge is 0.421 e. The fourth-order valence-corrected chi connectivity index (χ4v) is 3.63. The zero-order valence-corrected chi connectivity index (χ0v) is 17.1. The maximum absolute atomic E-state index is 13.5. The molecule has 0 aromatic carbocycles. The highest BCUT2D eigenvalue weighted by molar-refractivity contribution is 5.63. The van der Waals surface area contributed by atoms with Crippen LogP contribution in [0.1, 0.15) is 25.3 Å². The Labute approximate surface area is 176 Å². The van der Waals surface area contributed by atoms with Gasteiger partial charge in [0.1, 0.15) is 22.9 Å². The van der Waals surface area contributed by atoms with Crippen LogP contribution in [0.15, 0.2) is 30.9 Å². The van der Waals surface area contributed by atoms with E-state index in [-0.39, 0.29) is 11.8 Å². The Bertz CT molecular complexity index is 1080. The van der Waals surface area contributed by atoms with Crippen molar-refractivity contribution in [3.05, 3.63) is 36.4 Å². The Morgan fingerprint density at radius 1 is 1.29 bits per heavy atom. The number of fused-ring (bicyclic) bond motifs is 1. The number of hydrogen-bond acceptors (Lipinski definition) is 7. The standard InChI is InChI=1S/C20H23F3N6O2/c1-19(30,20(21,22)23)13-11-29-15(9-26-18(29)6-16(13)31-2)14-8-25-10-17(28-14)27-12-4-3-5-24-7-12/h6,8-12,24,30H,3-5,7H2,1-2H3,(H,27,28). The number of ether oxygens (including phenoxy) is 1. The van der Waals surface area contributed by atoms with Gasteiger partial charge in [0, 0.05) is 24.8 Å². The third-order valence-electron chi connectivity index (χ3n) is 5.45. The van der Waals surface area contributed by atoms with Crippen LogP contribution in [0.2, 0.25) is 0 Å². The van der Waals surface area contributed by atoms with Gasteiger partial charge in [-0.1, -0.05) is 0 Å². The van der Waals surface area contributed by atoms with Crippen LogP contribution in [0.5, 0.6) is 5.75 Å². The zero-order valence-electron chi connectivity index (χ0n) is 17.1. The number of halogens is 3. The monoisotopic (exact) mass is 436 g/mol. The molecule has 0 radical (unpaired) electrons. The third-order valence-corrected chi connectivity index (χ3v) is 5.45. The molecular weight excluding hydrogens is 413 g/mol. The van der Waals surface area contributed by atoms with Crippen molar-refractivity contribution < 1.29 is 23.0 Å². The van der Waals surface area contributed by atoms with Crippen molar-refractivity contribution >= 4 is 11.5 Å². The summed E-state index contributed by atoms with van der Waals surface area (Å²) in [5.74, 6) is 0.454. The first-order valence-corrected chi connectivity index (χ1v) is 9.85. The van der Waals surface area contributed by atoms with Gasteiger partial charge in [0.25, 0.3) is 0 Å². The van der Waals surface area contributed by atoms with E-state index in [0.29, 0.717) is 29.8 Å². The lowest BCUT2D eigenvalue weighted by molar-refractivity contribution is -0.259. The predicted octanol–water partition coefficient (Wildman–Crippen LogP) is 2.73. The van der Waals surface area contributed by atoms with Crippen molar-refractivity contribution in [1.82, 2.24) is 24.7 Å². The minimum Gasteiger partial charge on any atom is -0.496 e. The molecule has 2 atom stereocenters. The van der Waals surface area contributed by atoms with Gasteiger partial charge in [-0.2, -0.15) is 13.2 Å². The molecule has 0 aliphatic carbocycles. The van der Waals surface area contributed by atoms with Crippen LogP contribution in [0.3, 0.4) is 0 Å². The van der Waals surface area contributed by atoms with E-state index >= 15 is 0 Å². The third kappa shape index (κ3) is 4.02. The molecule has 3 N–H and O–H groups in total. The molecular formula is C20H23F3N6O2. The molecule has 1 aliphatic rings. The minimum absolute atomic E-state index is 0.113. The highest BCUT2D eigenvalue weighted by atomic mass is 19.4. The highest BCUT2D eigenvalue weighted by Crippen LogP contribution is 2.43. The van der Waals surface area contributed by atoms with E-state index < -0.39 is 17.3 Å². The second-order valence-corrected chi connectivity index (χ2v) is 7.67. The van der Waals surface area contributed by atoms with Gasteiger partial charge in [0.05, 0.1) is 37.0 Å².